The molecule has 0 N–H and O–H groups in total. The Labute approximate surface area is 119 Å². The number of nitrogens with zero attached hydrogens (tertiary/aromatic N) is 1. The standard InChI is InChI=1S/C18H18FN/c1-13(15-7-5-4-6-8-15)12-18(20-3)16-9-10-17(19)14(2)11-16/h4-12H,1-3H3/b13-12+,20-18?. The third kappa shape index (κ3) is 3.21. The number of benzene rings is 2. The van der Waals surface area contributed by atoms with E-state index in [0.29, 0.717) is 5.56 Å². The van der Waals surface area contributed by atoms with E-state index in [9.17, 15) is 4.39 Å². The summed E-state index contributed by atoms with van der Waals surface area (Å²) in [6, 6.07) is 15.2. The highest BCUT2D eigenvalue weighted by Crippen LogP contribution is 2.16. The second kappa shape index (κ2) is 6.29. The Bertz CT molecular complexity index is 654. The van der Waals surface area contributed by atoms with Crippen LogP contribution in [-0.4, -0.2) is 12.8 Å². The summed E-state index contributed by atoms with van der Waals surface area (Å²) < 4.78 is 13.3. The van der Waals surface area contributed by atoms with E-state index in [1.165, 1.54) is 6.07 Å². The van der Waals surface area contributed by atoms with Crippen LogP contribution in [0, 0.1) is 12.7 Å². The van der Waals surface area contributed by atoms with E-state index < -0.39 is 0 Å². The predicted octanol–water partition coefficient (Wildman–Crippen LogP) is 4.66. The summed E-state index contributed by atoms with van der Waals surface area (Å²) >= 11 is 0. The predicted molar refractivity (Wildman–Crippen MR) is 83.7 cm³/mol. The molecule has 0 saturated heterocycles. The first-order valence-corrected chi connectivity index (χ1v) is 6.59. The molecular weight excluding hydrogens is 249 g/mol. The van der Waals surface area contributed by atoms with Gasteiger partial charge in [-0.3, -0.25) is 4.99 Å². The molecule has 20 heavy (non-hydrogen) atoms. The Balaban J connectivity index is 2.36. The first-order chi connectivity index (χ1) is 9.61. The molecule has 0 bridgehead atoms. The highest BCUT2D eigenvalue weighted by Gasteiger charge is 2.04. The number of hydrogen-bond donors (Lipinski definition) is 0. The molecule has 0 amide bonds. The van der Waals surface area contributed by atoms with Gasteiger partial charge in [0, 0.05) is 12.6 Å². The second-order valence-corrected chi connectivity index (χ2v) is 4.77. The first-order valence-electron chi connectivity index (χ1n) is 6.59. The molecule has 0 aliphatic carbocycles. The first kappa shape index (κ1) is 14.2. The zero-order valence-corrected chi connectivity index (χ0v) is 12.0. The van der Waals surface area contributed by atoms with Crippen LogP contribution < -0.4 is 0 Å². The second-order valence-electron chi connectivity index (χ2n) is 4.77. The van der Waals surface area contributed by atoms with Crippen LogP contribution in [-0.2, 0) is 0 Å². The molecule has 2 heteroatoms. The van der Waals surface area contributed by atoms with E-state index in [4.69, 9.17) is 0 Å². The molecule has 2 aromatic carbocycles. The van der Waals surface area contributed by atoms with Gasteiger partial charge >= 0.3 is 0 Å². The zero-order valence-electron chi connectivity index (χ0n) is 12.0. The minimum absolute atomic E-state index is 0.187. The van der Waals surface area contributed by atoms with Gasteiger partial charge in [0.25, 0.3) is 0 Å². The molecule has 0 fully saturated rings. The van der Waals surface area contributed by atoms with Crippen molar-refractivity contribution in [1.29, 1.82) is 0 Å². The molecule has 0 atom stereocenters. The highest BCUT2D eigenvalue weighted by atomic mass is 19.1. The average Bonchev–Trinajstić information content (AvgIpc) is 2.48. The third-order valence-corrected chi connectivity index (χ3v) is 3.28. The molecule has 0 heterocycles. The highest BCUT2D eigenvalue weighted by molar-refractivity contribution is 6.12. The Hall–Kier alpha value is -2.22. The van der Waals surface area contributed by atoms with Crippen molar-refractivity contribution in [1.82, 2.24) is 0 Å². The van der Waals surface area contributed by atoms with E-state index in [-0.39, 0.29) is 5.82 Å². The fraction of sp³-hybridized carbons (Fsp3) is 0.167. The molecule has 1 nitrogen and oxygen atoms in total. The quantitative estimate of drug-likeness (QED) is 0.717. The summed E-state index contributed by atoms with van der Waals surface area (Å²) in [5.41, 5.74) is 4.71. The molecule has 0 aromatic heterocycles. The molecule has 0 spiro atoms. The SMILES string of the molecule is CN=C(/C=C(\C)c1ccccc1)c1ccc(F)c(C)c1. The average molecular weight is 267 g/mol. The lowest BCUT2D eigenvalue weighted by Crippen LogP contribution is -1.99. The maximum Gasteiger partial charge on any atom is 0.126 e. The van der Waals surface area contributed by atoms with Crippen LogP contribution >= 0.6 is 0 Å². The van der Waals surface area contributed by atoms with Crippen molar-refractivity contribution >= 4 is 11.3 Å². The van der Waals surface area contributed by atoms with Gasteiger partial charge in [0.15, 0.2) is 0 Å². The summed E-state index contributed by atoms with van der Waals surface area (Å²) in [7, 11) is 1.75. The van der Waals surface area contributed by atoms with E-state index in [1.54, 1.807) is 20.0 Å². The third-order valence-electron chi connectivity index (χ3n) is 3.28. The van der Waals surface area contributed by atoms with E-state index in [2.05, 4.69) is 24.0 Å². The van der Waals surface area contributed by atoms with Crippen LogP contribution in [0.15, 0.2) is 59.6 Å². The van der Waals surface area contributed by atoms with E-state index >= 15 is 0 Å². The molecular formula is C18H18FN. The lowest BCUT2D eigenvalue weighted by atomic mass is 10.0. The van der Waals surface area contributed by atoms with Gasteiger partial charge in [0.05, 0.1) is 5.71 Å². The van der Waals surface area contributed by atoms with Gasteiger partial charge in [0.1, 0.15) is 5.82 Å². The van der Waals surface area contributed by atoms with Gasteiger partial charge in [-0.25, -0.2) is 4.39 Å². The fourth-order valence-electron chi connectivity index (χ4n) is 2.07. The van der Waals surface area contributed by atoms with Crippen LogP contribution in [0.25, 0.3) is 5.57 Å². The van der Waals surface area contributed by atoms with Crippen LogP contribution in [0.2, 0.25) is 0 Å². The monoisotopic (exact) mass is 267 g/mol. The number of hydrogen-bond acceptors (Lipinski definition) is 1. The number of rotatable bonds is 3. The van der Waals surface area contributed by atoms with Crippen LogP contribution in [0.3, 0.4) is 0 Å². The minimum atomic E-state index is -0.187. The molecule has 2 rings (SSSR count). The van der Waals surface area contributed by atoms with Crippen molar-refractivity contribution in [2.24, 2.45) is 4.99 Å². The summed E-state index contributed by atoms with van der Waals surface area (Å²) in [6.45, 7) is 3.82. The van der Waals surface area contributed by atoms with Crippen LogP contribution in [0.4, 0.5) is 4.39 Å². The lowest BCUT2D eigenvalue weighted by molar-refractivity contribution is 0.618. The van der Waals surface area contributed by atoms with Gasteiger partial charge in [-0.2, -0.15) is 0 Å². The Morgan fingerprint density at radius 2 is 1.75 bits per heavy atom. The van der Waals surface area contributed by atoms with Crippen molar-refractivity contribution in [2.75, 3.05) is 7.05 Å². The Morgan fingerprint density at radius 1 is 1.05 bits per heavy atom. The van der Waals surface area contributed by atoms with Crippen molar-refractivity contribution in [3.63, 3.8) is 0 Å². The van der Waals surface area contributed by atoms with E-state index in [0.717, 1.165) is 22.4 Å². The number of halogens is 1. The smallest absolute Gasteiger partial charge is 0.126 e. The minimum Gasteiger partial charge on any atom is -0.288 e. The number of allylic oxidation sites excluding steroid dienone is 2. The topological polar surface area (TPSA) is 12.4 Å². The van der Waals surface area contributed by atoms with Crippen molar-refractivity contribution in [2.45, 2.75) is 13.8 Å². The lowest BCUT2D eigenvalue weighted by Gasteiger charge is -2.06. The summed E-state index contributed by atoms with van der Waals surface area (Å²) in [4.78, 5) is 4.31. The Morgan fingerprint density at radius 3 is 2.35 bits per heavy atom. The zero-order chi connectivity index (χ0) is 14.5. The molecule has 0 aliphatic rings. The largest absolute Gasteiger partial charge is 0.288 e. The molecule has 0 saturated carbocycles. The molecule has 0 aliphatic heterocycles. The summed E-state index contributed by atoms with van der Waals surface area (Å²) in [5, 5.41) is 0. The number of aliphatic imine (C=N–C) groups is 1. The molecule has 102 valence electrons. The fourth-order valence-corrected chi connectivity index (χ4v) is 2.07. The van der Waals surface area contributed by atoms with Gasteiger partial charge in [0.2, 0.25) is 0 Å². The van der Waals surface area contributed by atoms with Crippen molar-refractivity contribution in [3.8, 4) is 0 Å². The number of aryl methyl sites for hydroxylation is 1. The van der Waals surface area contributed by atoms with Crippen LogP contribution in [0.5, 0.6) is 0 Å². The normalized spacial score (nSPS) is 12.6. The van der Waals surface area contributed by atoms with Crippen molar-refractivity contribution < 1.29 is 4.39 Å². The summed E-state index contributed by atoms with van der Waals surface area (Å²) in [6.07, 6.45) is 2.03. The van der Waals surface area contributed by atoms with Crippen LogP contribution in [0.1, 0.15) is 23.6 Å². The summed E-state index contributed by atoms with van der Waals surface area (Å²) in [5.74, 6) is -0.187. The molecule has 0 radical (unpaired) electrons. The maximum atomic E-state index is 13.3. The van der Waals surface area contributed by atoms with Crippen molar-refractivity contribution in [3.05, 3.63) is 77.1 Å². The van der Waals surface area contributed by atoms with Gasteiger partial charge in [-0.15, -0.1) is 0 Å². The molecule has 0 unspecified atom stereocenters. The maximum absolute atomic E-state index is 13.3. The molecule has 2 aromatic rings. The Kier molecular flexibility index (Phi) is 4.46. The van der Waals surface area contributed by atoms with Gasteiger partial charge in [-0.1, -0.05) is 30.3 Å². The van der Waals surface area contributed by atoms with E-state index in [1.807, 2.05) is 30.3 Å². The van der Waals surface area contributed by atoms with Gasteiger partial charge in [-0.05, 0) is 54.8 Å². The van der Waals surface area contributed by atoms with Gasteiger partial charge < -0.3 is 0 Å².